The molecular formula is C16H24N2O3. The summed E-state index contributed by atoms with van der Waals surface area (Å²) in [4.78, 5) is 23.1. The van der Waals surface area contributed by atoms with E-state index in [9.17, 15) is 14.7 Å². The van der Waals surface area contributed by atoms with Gasteiger partial charge in [0.15, 0.2) is 0 Å². The number of hydrogen-bond acceptors (Lipinski definition) is 2. The molecule has 5 nitrogen and oxygen atoms in total. The molecule has 1 atom stereocenters. The molecule has 3 N–H and O–H groups in total. The Hall–Kier alpha value is -2.04. The number of aryl methyl sites for hydroxylation is 1. The molecule has 21 heavy (non-hydrogen) atoms. The third kappa shape index (κ3) is 5.45. The predicted octanol–water partition coefficient (Wildman–Crippen LogP) is 3.26. The largest absolute Gasteiger partial charge is 0.480 e. The van der Waals surface area contributed by atoms with E-state index >= 15 is 0 Å². The van der Waals surface area contributed by atoms with E-state index in [-0.39, 0.29) is 0 Å². The Morgan fingerprint density at radius 2 is 1.76 bits per heavy atom. The molecule has 116 valence electrons. The molecule has 0 aromatic heterocycles. The number of benzene rings is 1. The molecule has 1 unspecified atom stereocenters. The van der Waals surface area contributed by atoms with Crippen LogP contribution in [0.2, 0.25) is 0 Å². The maximum absolute atomic E-state index is 11.9. The fourth-order valence-electron chi connectivity index (χ4n) is 1.99. The number of nitrogens with one attached hydrogen (secondary N) is 2. The molecular weight excluding hydrogens is 268 g/mol. The van der Waals surface area contributed by atoms with Gasteiger partial charge in [-0.05, 0) is 29.5 Å². The quantitative estimate of drug-likeness (QED) is 0.779. The van der Waals surface area contributed by atoms with E-state index in [2.05, 4.69) is 17.6 Å². The van der Waals surface area contributed by atoms with Crippen molar-refractivity contribution in [3.05, 3.63) is 29.8 Å². The number of hydrogen-bond donors (Lipinski definition) is 3. The molecule has 0 fully saturated rings. The molecule has 1 aromatic rings. The molecule has 0 radical (unpaired) electrons. The molecule has 1 rings (SSSR count). The van der Waals surface area contributed by atoms with Gasteiger partial charge in [-0.15, -0.1) is 0 Å². The SMILES string of the molecule is CCCc1ccc(NC(=O)NC(C(=O)O)C(C)(C)C)cc1. The van der Waals surface area contributed by atoms with Crippen molar-refractivity contribution in [2.75, 3.05) is 5.32 Å². The van der Waals surface area contributed by atoms with Crippen LogP contribution in [0.1, 0.15) is 39.7 Å². The van der Waals surface area contributed by atoms with Crippen molar-refractivity contribution in [3.63, 3.8) is 0 Å². The Bertz CT molecular complexity index is 489. The van der Waals surface area contributed by atoms with Crippen LogP contribution < -0.4 is 10.6 Å². The minimum absolute atomic E-state index is 0.513. The molecule has 0 aliphatic carbocycles. The van der Waals surface area contributed by atoms with Gasteiger partial charge >= 0.3 is 12.0 Å². The van der Waals surface area contributed by atoms with Crippen molar-refractivity contribution in [3.8, 4) is 0 Å². The second kappa shape index (κ2) is 7.11. The number of carbonyl (C=O) groups is 2. The van der Waals surface area contributed by atoms with Gasteiger partial charge in [0, 0.05) is 5.69 Å². The minimum atomic E-state index is -1.05. The summed E-state index contributed by atoms with van der Waals surface area (Å²) in [6.07, 6.45) is 2.07. The average Bonchev–Trinajstić information content (AvgIpc) is 2.37. The van der Waals surface area contributed by atoms with Gasteiger partial charge in [0.05, 0.1) is 0 Å². The molecule has 0 aliphatic heterocycles. The van der Waals surface area contributed by atoms with Crippen LogP contribution in [0.25, 0.3) is 0 Å². The van der Waals surface area contributed by atoms with Gasteiger partial charge in [0.1, 0.15) is 6.04 Å². The van der Waals surface area contributed by atoms with Crippen molar-refractivity contribution in [1.29, 1.82) is 0 Å². The lowest BCUT2D eigenvalue weighted by Gasteiger charge is -2.27. The van der Waals surface area contributed by atoms with Crippen LogP contribution in [-0.4, -0.2) is 23.1 Å². The second-order valence-electron chi connectivity index (χ2n) is 6.18. The zero-order chi connectivity index (χ0) is 16.0. The van der Waals surface area contributed by atoms with E-state index < -0.39 is 23.5 Å². The highest BCUT2D eigenvalue weighted by atomic mass is 16.4. The number of carbonyl (C=O) groups excluding carboxylic acids is 1. The third-order valence-corrected chi connectivity index (χ3v) is 3.14. The lowest BCUT2D eigenvalue weighted by molar-refractivity contribution is -0.141. The predicted molar refractivity (Wildman–Crippen MR) is 83.5 cm³/mol. The van der Waals surface area contributed by atoms with Crippen LogP contribution in [0.3, 0.4) is 0 Å². The molecule has 2 amide bonds. The first-order valence-corrected chi connectivity index (χ1v) is 7.13. The topological polar surface area (TPSA) is 78.4 Å². The Labute approximate surface area is 125 Å². The number of rotatable bonds is 5. The summed E-state index contributed by atoms with van der Waals surface area (Å²) < 4.78 is 0. The highest BCUT2D eigenvalue weighted by Gasteiger charge is 2.32. The number of amides is 2. The van der Waals surface area contributed by atoms with Crippen LogP contribution in [0, 0.1) is 5.41 Å². The zero-order valence-electron chi connectivity index (χ0n) is 13.1. The van der Waals surface area contributed by atoms with Crippen molar-refractivity contribution in [2.45, 2.75) is 46.6 Å². The van der Waals surface area contributed by atoms with Gasteiger partial charge in [-0.2, -0.15) is 0 Å². The Morgan fingerprint density at radius 1 is 1.19 bits per heavy atom. The van der Waals surface area contributed by atoms with Gasteiger partial charge in [-0.3, -0.25) is 0 Å². The summed E-state index contributed by atoms with van der Waals surface area (Å²) in [5, 5.41) is 14.3. The van der Waals surface area contributed by atoms with Gasteiger partial charge in [0.25, 0.3) is 0 Å². The fraction of sp³-hybridized carbons (Fsp3) is 0.500. The van der Waals surface area contributed by atoms with Gasteiger partial charge in [-0.1, -0.05) is 46.2 Å². The van der Waals surface area contributed by atoms with Crippen molar-refractivity contribution in [1.82, 2.24) is 5.32 Å². The standard InChI is InChI=1S/C16H24N2O3/c1-5-6-11-7-9-12(10-8-11)17-15(21)18-13(14(19)20)16(2,3)4/h7-10,13H,5-6H2,1-4H3,(H,19,20)(H2,17,18,21). The molecule has 0 saturated heterocycles. The van der Waals surface area contributed by atoms with E-state index in [0.717, 1.165) is 12.8 Å². The summed E-state index contributed by atoms with van der Waals surface area (Å²) in [7, 11) is 0. The lowest BCUT2D eigenvalue weighted by Crippen LogP contribution is -2.50. The van der Waals surface area contributed by atoms with Crippen LogP contribution >= 0.6 is 0 Å². The van der Waals surface area contributed by atoms with E-state index in [0.29, 0.717) is 5.69 Å². The third-order valence-electron chi connectivity index (χ3n) is 3.14. The van der Waals surface area contributed by atoms with Crippen molar-refractivity contribution >= 4 is 17.7 Å². The summed E-state index contributed by atoms with van der Waals surface area (Å²) in [6.45, 7) is 7.42. The Kier molecular flexibility index (Phi) is 5.76. The van der Waals surface area contributed by atoms with Gasteiger partial charge in [-0.25, -0.2) is 9.59 Å². The number of carboxylic acid groups (broad SMARTS) is 1. The van der Waals surface area contributed by atoms with Crippen LogP contribution in [0.4, 0.5) is 10.5 Å². The summed E-state index contributed by atoms with van der Waals surface area (Å²) >= 11 is 0. The lowest BCUT2D eigenvalue weighted by atomic mass is 9.87. The van der Waals surface area contributed by atoms with E-state index in [1.807, 2.05) is 24.3 Å². The number of anilines is 1. The maximum Gasteiger partial charge on any atom is 0.326 e. The minimum Gasteiger partial charge on any atom is -0.480 e. The van der Waals surface area contributed by atoms with E-state index in [4.69, 9.17) is 0 Å². The van der Waals surface area contributed by atoms with Crippen LogP contribution in [0.15, 0.2) is 24.3 Å². The summed E-state index contributed by atoms with van der Waals surface area (Å²) in [5.74, 6) is -1.05. The Balaban J connectivity index is 2.66. The van der Waals surface area contributed by atoms with Gasteiger partial charge < -0.3 is 15.7 Å². The van der Waals surface area contributed by atoms with Gasteiger partial charge in [0.2, 0.25) is 0 Å². The molecule has 0 saturated carbocycles. The maximum atomic E-state index is 11.9. The molecule has 1 aromatic carbocycles. The molecule has 0 bridgehead atoms. The van der Waals surface area contributed by atoms with Crippen LogP contribution in [0.5, 0.6) is 0 Å². The highest BCUT2D eigenvalue weighted by molar-refractivity contribution is 5.92. The molecule has 5 heteroatoms. The molecule has 0 spiro atoms. The Morgan fingerprint density at radius 3 is 2.19 bits per heavy atom. The number of carboxylic acids is 1. The first kappa shape index (κ1) is 17.0. The monoisotopic (exact) mass is 292 g/mol. The smallest absolute Gasteiger partial charge is 0.326 e. The van der Waals surface area contributed by atoms with E-state index in [1.165, 1.54) is 5.56 Å². The molecule has 0 heterocycles. The van der Waals surface area contributed by atoms with E-state index in [1.54, 1.807) is 20.8 Å². The fourth-order valence-corrected chi connectivity index (χ4v) is 1.99. The highest BCUT2D eigenvalue weighted by Crippen LogP contribution is 2.19. The van der Waals surface area contributed by atoms with Crippen molar-refractivity contribution in [2.24, 2.45) is 5.41 Å². The van der Waals surface area contributed by atoms with Crippen molar-refractivity contribution < 1.29 is 14.7 Å². The van der Waals surface area contributed by atoms with Crippen LogP contribution in [-0.2, 0) is 11.2 Å². The summed E-state index contributed by atoms with van der Waals surface area (Å²) in [6, 6.07) is 6.08. The average molecular weight is 292 g/mol. The number of urea groups is 1. The first-order chi connectivity index (χ1) is 9.74. The second-order valence-corrected chi connectivity index (χ2v) is 6.18. The zero-order valence-corrected chi connectivity index (χ0v) is 13.1. The normalized spacial score (nSPS) is 12.6. The first-order valence-electron chi connectivity index (χ1n) is 7.13. The number of aliphatic carboxylic acids is 1. The summed E-state index contributed by atoms with van der Waals surface area (Å²) in [5.41, 5.74) is 1.29. The molecule has 0 aliphatic rings.